The molecule has 0 aromatic carbocycles. The summed E-state index contributed by atoms with van der Waals surface area (Å²) in [4.78, 5) is 25.9. The van der Waals surface area contributed by atoms with Gasteiger partial charge in [0.25, 0.3) is 0 Å². The number of aromatic nitrogens is 2. The summed E-state index contributed by atoms with van der Waals surface area (Å²) < 4.78 is 44.5. The standard InChI is InChI=1S/C20H28F3N5O2/c21-20(22,23)17-12-18(25-14-24-17)28(15-2-3-15)16-4-7-26(8-5-16)9-10-27-6-1-11-30-13-19(27)29/h12,14-16H,1-11,13H2. The molecule has 4 rings (SSSR count). The van der Waals surface area contributed by atoms with Gasteiger partial charge in [-0.2, -0.15) is 13.2 Å². The summed E-state index contributed by atoms with van der Waals surface area (Å²) in [6, 6.07) is 1.53. The van der Waals surface area contributed by atoms with Crippen LogP contribution in [0.2, 0.25) is 0 Å². The van der Waals surface area contributed by atoms with Crippen LogP contribution < -0.4 is 4.90 Å². The summed E-state index contributed by atoms with van der Waals surface area (Å²) in [5.41, 5.74) is -0.887. The molecule has 1 amide bonds. The smallest absolute Gasteiger partial charge is 0.372 e. The van der Waals surface area contributed by atoms with Crippen molar-refractivity contribution in [2.45, 2.75) is 50.4 Å². The summed E-state index contributed by atoms with van der Waals surface area (Å²) in [6.07, 6.45) is 1.15. The van der Waals surface area contributed by atoms with Gasteiger partial charge in [-0.05, 0) is 32.1 Å². The Bertz CT molecular complexity index is 735. The summed E-state index contributed by atoms with van der Waals surface area (Å²) in [5, 5.41) is 0. The lowest BCUT2D eigenvalue weighted by molar-refractivity contribution is -0.141. The Labute approximate surface area is 174 Å². The van der Waals surface area contributed by atoms with Gasteiger partial charge < -0.3 is 19.4 Å². The number of nitrogens with zero attached hydrogens (tertiary/aromatic N) is 5. The third-order valence-corrected chi connectivity index (χ3v) is 6.08. The fourth-order valence-electron chi connectivity index (χ4n) is 4.32. The van der Waals surface area contributed by atoms with Gasteiger partial charge in [0, 0.05) is 57.5 Å². The second-order valence-corrected chi connectivity index (χ2v) is 8.26. The second-order valence-electron chi connectivity index (χ2n) is 8.26. The van der Waals surface area contributed by atoms with Crippen molar-refractivity contribution in [2.75, 3.05) is 50.8 Å². The van der Waals surface area contributed by atoms with Crippen molar-refractivity contribution < 1.29 is 22.7 Å². The van der Waals surface area contributed by atoms with Crippen molar-refractivity contribution in [3.05, 3.63) is 18.1 Å². The van der Waals surface area contributed by atoms with Gasteiger partial charge in [0.2, 0.25) is 5.91 Å². The van der Waals surface area contributed by atoms with Crippen LogP contribution in [-0.2, 0) is 15.7 Å². The molecule has 2 saturated heterocycles. The van der Waals surface area contributed by atoms with E-state index in [9.17, 15) is 18.0 Å². The zero-order chi connectivity index (χ0) is 21.1. The number of carbonyl (C=O) groups excluding carboxylic acids is 1. The first kappa shape index (κ1) is 21.3. The Balaban J connectivity index is 1.33. The molecule has 1 aromatic heterocycles. The van der Waals surface area contributed by atoms with Crippen molar-refractivity contribution in [3.8, 4) is 0 Å². The van der Waals surface area contributed by atoms with E-state index >= 15 is 0 Å². The number of rotatable bonds is 6. The Kier molecular flexibility index (Phi) is 6.43. The minimum Gasteiger partial charge on any atom is -0.372 e. The van der Waals surface area contributed by atoms with E-state index in [1.807, 2.05) is 4.90 Å². The second kappa shape index (κ2) is 9.05. The normalized spacial score (nSPS) is 22.2. The summed E-state index contributed by atoms with van der Waals surface area (Å²) in [6.45, 7) is 4.77. The van der Waals surface area contributed by atoms with Gasteiger partial charge in [0.1, 0.15) is 24.4 Å². The van der Waals surface area contributed by atoms with Crippen molar-refractivity contribution in [3.63, 3.8) is 0 Å². The average Bonchev–Trinajstić information content (AvgIpc) is 3.57. The molecule has 1 aliphatic carbocycles. The SMILES string of the molecule is O=C1COCCCN1CCN1CCC(N(c2cc(C(F)(F)F)ncn2)C2CC2)CC1. The van der Waals surface area contributed by atoms with Crippen LogP contribution in [0.25, 0.3) is 0 Å². The van der Waals surface area contributed by atoms with Gasteiger partial charge in [0.15, 0.2) is 0 Å². The number of amides is 1. The minimum absolute atomic E-state index is 0.0477. The molecule has 3 fully saturated rings. The fraction of sp³-hybridized carbons (Fsp3) is 0.750. The average molecular weight is 427 g/mol. The molecular weight excluding hydrogens is 399 g/mol. The van der Waals surface area contributed by atoms with Crippen LogP contribution in [0.5, 0.6) is 0 Å². The van der Waals surface area contributed by atoms with Crippen molar-refractivity contribution in [2.24, 2.45) is 0 Å². The number of alkyl halides is 3. The summed E-state index contributed by atoms with van der Waals surface area (Å²) >= 11 is 0. The number of halogens is 3. The zero-order valence-electron chi connectivity index (χ0n) is 17.0. The Morgan fingerprint density at radius 2 is 1.80 bits per heavy atom. The van der Waals surface area contributed by atoms with E-state index in [0.717, 1.165) is 70.7 Å². The minimum atomic E-state index is -4.47. The largest absolute Gasteiger partial charge is 0.433 e. The summed E-state index contributed by atoms with van der Waals surface area (Å²) in [7, 11) is 0. The molecule has 30 heavy (non-hydrogen) atoms. The topological polar surface area (TPSA) is 61.8 Å². The number of carbonyl (C=O) groups is 1. The van der Waals surface area contributed by atoms with Crippen LogP contribution in [0.1, 0.15) is 37.8 Å². The predicted molar refractivity (Wildman–Crippen MR) is 104 cm³/mol. The third-order valence-electron chi connectivity index (χ3n) is 6.08. The van der Waals surface area contributed by atoms with Crippen molar-refractivity contribution >= 4 is 11.7 Å². The van der Waals surface area contributed by atoms with E-state index in [-0.39, 0.29) is 24.6 Å². The number of piperidine rings is 1. The van der Waals surface area contributed by atoms with Crippen molar-refractivity contribution in [1.29, 1.82) is 0 Å². The van der Waals surface area contributed by atoms with Gasteiger partial charge in [-0.15, -0.1) is 0 Å². The molecule has 3 heterocycles. The van der Waals surface area contributed by atoms with E-state index in [0.29, 0.717) is 19.0 Å². The lowest BCUT2D eigenvalue weighted by Gasteiger charge is -2.40. The monoisotopic (exact) mass is 427 g/mol. The van der Waals surface area contributed by atoms with Gasteiger partial charge in [-0.3, -0.25) is 4.79 Å². The number of likely N-dealkylation sites (tertiary alicyclic amines) is 1. The number of ether oxygens (including phenoxy) is 1. The number of hydrogen-bond acceptors (Lipinski definition) is 6. The molecule has 1 saturated carbocycles. The van der Waals surface area contributed by atoms with Crippen LogP contribution in [0, 0.1) is 0 Å². The Morgan fingerprint density at radius 1 is 1.07 bits per heavy atom. The van der Waals surface area contributed by atoms with Crippen LogP contribution in [0.15, 0.2) is 12.4 Å². The van der Waals surface area contributed by atoms with Crippen LogP contribution in [0.4, 0.5) is 19.0 Å². The maximum atomic E-state index is 13.1. The van der Waals surface area contributed by atoms with Gasteiger partial charge in [-0.1, -0.05) is 0 Å². The molecule has 0 radical (unpaired) electrons. The highest BCUT2D eigenvalue weighted by atomic mass is 19.4. The first-order chi connectivity index (χ1) is 14.4. The van der Waals surface area contributed by atoms with Crippen LogP contribution >= 0.6 is 0 Å². The molecule has 0 unspecified atom stereocenters. The molecule has 166 valence electrons. The van der Waals surface area contributed by atoms with Gasteiger partial charge >= 0.3 is 6.18 Å². The maximum Gasteiger partial charge on any atom is 0.433 e. The molecule has 1 aromatic rings. The van der Waals surface area contributed by atoms with Gasteiger partial charge in [-0.25, -0.2) is 9.97 Å². The molecule has 3 aliphatic rings. The van der Waals surface area contributed by atoms with Crippen LogP contribution in [-0.4, -0.2) is 83.7 Å². The van der Waals surface area contributed by atoms with E-state index < -0.39 is 11.9 Å². The van der Waals surface area contributed by atoms with Crippen molar-refractivity contribution in [1.82, 2.24) is 19.8 Å². The molecule has 2 aliphatic heterocycles. The highest BCUT2D eigenvalue weighted by Crippen LogP contribution is 2.37. The third kappa shape index (κ3) is 5.21. The molecule has 0 bridgehead atoms. The molecule has 0 spiro atoms. The molecule has 10 heteroatoms. The van der Waals surface area contributed by atoms with E-state index in [4.69, 9.17) is 4.74 Å². The van der Waals surface area contributed by atoms with E-state index in [1.54, 1.807) is 0 Å². The van der Waals surface area contributed by atoms with Crippen LogP contribution in [0.3, 0.4) is 0 Å². The fourth-order valence-corrected chi connectivity index (χ4v) is 4.32. The highest BCUT2D eigenvalue weighted by Gasteiger charge is 2.39. The number of hydrogen-bond donors (Lipinski definition) is 0. The number of anilines is 1. The lowest BCUT2D eigenvalue weighted by atomic mass is 10.0. The quantitative estimate of drug-likeness (QED) is 0.694. The molecule has 0 N–H and O–H groups in total. The zero-order valence-corrected chi connectivity index (χ0v) is 17.0. The highest BCUT2D eigenvalue weighted by molar-refractivity contribution is 5.77. The molecule has 0 atom stereocenters. The van der Waals surface area contributed by atoms with Gasteiger partial charge in [0.05, 0.1) is 0 Å². The lowest BCUT2D eigenvalue weighted by Crippen LogP contribution is -2.48. The van der Waals surface area contributed by atoms with E-state index in [2.05, 4.69) is 19.8 Å². The predicted octanol–water partition coefficient (Wildman–Crippen LogP) is 2.18. The first-order valence-corrected chi connectivity index (χ1v) is 10.7. The molecular formula is C20H28F3N5O2. The first-order valence-electron chi connectivity index (χ1n) is 10.7. The van der Waals surface area contributed by atoms with E-state index in [1.165, 1.54) is 0 Å². The summed E-state index contributed by atoms with van der Waals surface area (Å²) in [5.74, 6) is 0.431. The Hall–Kier alpha value is -1.94. The maximum absolute atomic E-state index is 13.1. The Morgan fingerprint density at radius 3 is 2.50 bits per heavy atom. The molecule has 7 nitrogen and oxygen atoms in total.